The number of nitrogens with two attached hydrogens (primary N) is 1. The topological polar surface area (TPSA) is 90.0 Å². The van der Waals surface area contributed by atoms with E-state index in [4.69, 9.17) is 5.73 Å². The van der Waals surface area contributed by atoms with Crippen LogP contribution in [0.5, 0.6) is 0 Å². The van der Waals surface area contributed by atoms with Gasteiger partial charge in [0, 0.05) is 13.1 Å². The lowest BCUT2D eigenvalue weighted by molar-refractivity contribution is 0.581. The fourth-order valence-electron chi connectivity index (χ4n) is 2.03. The third kappa shape index (κ3) is 3.83. The Morgan fingerprint density at radius 2 is 2.00 bits per heavy atom. The van der Waals surface area contributed by atoms with Crippen molar-refractivity contribution in [3.05, 3.63) is 42.1 Å². The highest BCUT2D eigenvalue weighted by Crippen LogP contribution is 2.17. The lowest BCUT2D eigenvalue weighted by atomic mass is 10.2. The number of rotatable bonds is 7. The molecule has 0 unspecified atom stereocenters. The van der Waals surface area contributed by atoms with E-state index in [0.717, 1.165) is 12.0 Å². The molecule has 1 heterocycles. The highest BCUT2D eigenvalue weighted by atomic mass is 32.2. The molecule has 0 fully saturated rings. The first-order valence-electron chi connectivity index (χ1n) is 6.89. The SMILES string of the molecule is CCCn1ncc(S(=O)(=O)NCCc2ccccc2)c1N. The minimum absolute atomic E-state index is 0.0454. The third-order valence-electron chi connectivity index (χ3n) is 3.12. The molecule has 6 nitrogen and oxygen atoms in total. The number of nitrogens with one attached hydrogen (secondary N) is 1. The molecule has 1 aromatic heterocycles. The van der Waals surface area contributed by atoms with E-state index >= 15 is 0 Å². The highest BCUT2D eigenvalue weighted by Gasteiger charge is 2.20. The van der Waals surface area contributed by atoms with Crippen molar-refractivity contribution in [3.8, 4) is 0 Å². The molecule has 114 valence electrons. The third-order valence-corrected chi connectivity index (χ3v) is 4.60. The van der Waals surface area contributed by atoms with Crippen molar-refractivity contribution in [2.24, 2.45) is 0 Å². The Morgan fingerprint density at radius 1 is 1.29 bits per heavy atom. The van der Waals surface area contributed by atoms with Gasteiger partial charge in [0.15, 0.2) is 0 Å². The van der Waals surface area contributed by atoms with E-state index < -0.39 is 10.0 Å². The molecule has 2 rings (SSSR count). The fourth-order valence-corrected chi connectivity index (χ4v) is 3.12. The Balaban J connectivity index is 2.02. The van der Waals surface area contributed by atoms with Crippen LogP contribution in [0.15, 0.2) is 41.4 Å². The smallest absolute Gasteiger partial charge is 0.245 e. The summed E-state index contributed by atoms with van der Waals surface area (Å²) in [4.78, 5) is 0.0454. The summed E-state index contributed by atoms with van der Waals surface area (Å²) in [6, 6.07) is 9.70. The van der Waals surface area contributed by atoms with Gasteiger partial charge in [0.05, 0.1) is 6.20 Å². The van der Waals surface area contributed by atoms with Gasteiger partial charge >= 0.3 is 0 Å². The Bertz CT molecular complexity index is 680. The summed E-state index contributed by atoms with van der Waals surface area (Å²) in [6.07, 6.45) is 2.77. The van der Waals surface area contributed by atoms with Gasteiger partial charge in [0.2, 0.25) is 10.0 Å². The molecule has 0 saturated carbocycles. The fraction of sp³-hybridized carbons (Fsp3) is 0.357. The molecule has 3 N–H and O–H groups in total. The van der Waals surface area contributed by atoms with Gasteiger partial charge < -0.3 is 5.73 Å². The summed E-state index contributed by atoms with van der Waals surface area (Å²) in [5, 5.41) is 4.01. The van der Waals surface area contributed by atoms with Gasteiger partial charge in [-0.25, -0.2) is 17.8 Å². The molecular formula is C14H20N4O2S. The summed E-state index contributed by atoms with van der Waals surface area (Å²) >= 11 is 0. The van der Waals surface area contributed by atoms with Crippen LogP contribution in [-0.4, -0.2) is 24.7 Å². The molecule has 0 amide bonds. The number of benzene rings is 1. The van der Waals surface area contributed by atoms with Crippen LogP contribution in [0.25, 0.3) is 0 Å². The Kier molecular flexibility index (Phi) is 4.98. The number of hydrogen-bond acceptors (Lipinski definition) is 4. The number of aromatic nitrogens is 2. The average molecular weight is 308 g/mol. The molecule has 0 aliphatic carbocycles. The van der Waals surface area contributed by atoms with Crippen molar-refractivity contribution >= 4 is 15.8 Å². The normalized spacial score (nSPS) is 11.7. The summed E-state index contributed by atoms with van der Waals surface area (Å²) < 4.78 is 28.5. The Labute approximate surface area is 125 Å². The van der Waals surface area contributed by atoms with Crippen LogP contribution in [0.1, 0.15) is 18.9 Å². The van der Waals surface area contributed by atoms with E-state index in [0.29, 0.717) is 19.5 Å². The van der Waals surface area contributed by atoms with Crippen molar-refractivity contribution < 1.29 is 8.42 Å². The van der Waals surface area contributed by atoms with Crippen molar-refractivity contribution in [2.45, 2.75) is 31.2 Å². The second-order valence-corrected chi connectivity index (χ2v) is 6.49. The molecule has 1 aromatic carbocycles. The van der Waals surface area contributed by atoms with E-state index in [9.17, 15) is 8.42 Å². The first-order valence-corrected chi connectivity index (χ1v) is 8.38. The van der Waals surface area contributed by atoms with E-state index in [1.54, 1.807) is 0 Å². The maximum absolute atomic E-state index is 12.2. The number of sulfonamides is 1. The summed E-state index contributed by atoms with van der Waals surface area (Å²) in [5.74, 6) is 0.184. The molecular weight excluding hydrogens is 288 g/mol. The number of anilines is 1. The van der Waals surface area contributed by atoms with Gasteiger partial charge in [-0.15, -0.1) is 0 Å². The predicted octanol–water partition coefficient (Wildman–Crippen LogP) is 1.40. The second kappa shape index (κ2) is 6.73. The molecule has 0 radical (unpaired) electrons. The maximum atomic E-state index is 12.2. The zero-order valence-corrected chi connectivity index (χ0v) is 12.8. The summed E-state index contributed by atoms with van der Waals surface area (Å²) in [7, 11) is -3.62. The van der Waals surface area contributed by atoms with Crippen LogP contribution in [0.4, 0.5) is 5.82 Å². The van der Waals surface area contributed by atoms with Crippen LogP contribution in [0.2, 0.25) is 0 Å². The van der Waals surface area contributed by atoms with Crippen LogP contribution in [0.3, 0.4) is 0 Å². The molecule has 0 bridgehead atoms. The standard InChI is InChI=1S/C14H20N4O2S/c1-2-10-18-14(15)13(11-16-18)21(19,20)17-9-8-12-6-4-3-5-7-12/h3-7,11,17H,2,8-10,15H2,1H3. The molecule has 21 heavy (non-hydrogen) atoms. The molecule has 0 aliphatic heterocycles. The lowest BCUT2D eigenvalue weighted by Gasteiger charge is -2.07. The molecule has 2 aromatic rings. The molecule has 0 aliphatic rings. The van der Waals surface area contributed by atoms with Gasteiger partial charge in [-0.2, -0.15) is 5.10 Å². The van der Waals surface area contributed by atoms with Gasteiger partial charge in [0.1, 0.15) is 10.7 Å². The van der Waals surface area contributed by atoms with Gasteiger partial charge in [-0.3, -0.25) is 0 Å². The number of aryl methyl sites for hydroxylation is 1. The van der Waals surface area contributed by atoms with Crippen molar-refractivity contribution in [3.63, 3.8) is 0 Å². The molecule has 0 atom stereocenters. The number of nitrogens with zero attached hydrogens (tertiary/aromatic N) is 2. The van der Waals surface area contributed by atoms with Crippen LogP contribution >= 0.6 is 0 Å². The van der Waals surface area contributed by atoms with Gasteiger partial charge in [-0.1, -0.05) is 37.3 Å². The molecule has 0 saturated heterocycles. The number of nitrogen functional groups attached to an aromatic ring is 1. The summed E-state index contributed by atoms with van der Waals surface area (Å²) in [6.45, 7) is 2.91. The van der Waals surface area contributed by atoms with Crippen LogP contribution < -0.4 is 10.5 Å². The quantitative estimate of drug-likeness (QED) is 0.809. The minimum Gasteiger partial charge on any atom is -0.383 e. The predicted molar refractivity (Wildman–Crippen MR) is 82.3 cm³/mol. The Hall–Kier alpha value is -1.86. The minimum atomic E-state index is -3.62. The monoisotopic (exact) mass is 308 g/mol. The first kappa shape index (κ1) is 15.5. The van der Waals surface area contributed by atoms with E-state index in [2.05, 4.69) is 9.82 Å². The Morgan fingerprint density at radius 3 is 2.67 bits per heavy atom. The van der Waals surface area contributed by atoms with Crippen molar-refractivity contribution in [1.29, 1.82) is 0 Å². The highest BCUT2D eigenvalue weighted by molar-refractivity contribution is 7.89. The molecule has 0 spiro atoms. The van der Waals surface area contributed by atoms with E-state index in [-0.39, 0.29) is 10.7 Å². The van der Waals surface area contributed by atoms with Crippen LogP contribution in [-0.2, 0) is 23.0 Å². The maximum Gasteiger partial charge on any atom is 0.245 e. The average Bonchev–Trinajstić information content (AvgIpc) is 2.82. The van der Waals surface area contributed by atoms with Crippen molar-refractivity contribution in [1.82, 2.24) is 14.5 Å². The zero-order valence-electron chi connectivity index (χ0n) is 12.0. The summed E-state index contributed by atoms with van der Waals surface area (Å²) in [5.41, 5.74) is 6.92. The zero-order chi connectivity index (χ0) is 15.3. The first-order chi connectivity index (χ1) is 10.0. The van der Waals surface area contributed by atoms with Crippen LogP contribution in [0, 0.1) is 0 Å². The van der Waals surface area contributed by atoms with Gasteiger partial charge in [-0.05, 0) is 18.4 Å². The van der Waals surface area contributed by atoms with Crippen molar-refractivity contribution in [2.75, 3.05) is 12.3 Å². The largest absolute Gasteiger partial charge is 0.383 e. The van der Waals surface area contributed by atoms with E-state index in [1.807, 2.05) is 37.3 Å². The molecule has 7 heteroatoms. The number of hydrogen-bond donors (Lipinski definition) is 2. The van der Waals surface area contributed by atoms with Gasteiger partial charge in [0.25, 0.3) is 0 Å². The second-order valence-electron chi connectivity index (χ2n) is 4.75. The lowest BCUT2D eigenvalue weighted by Crippen LogP contribution is -2.26. The van der Waals surface area contributed by atoms with E-state index in [1.165, 1.54) is 10.9 Å².